The molecule has 2 aromatic rings. The highest BCUT2D eigenvalue weighted by molar-refractivity contribution is 6.30. The van der Waals surface area contributed by atoms with E-state index >= 15 is 0 Å². The molecule has 2 atom stereocenters. The summed E-state index contributed by atoms with van der Waals surface area (Å²) in [5.74, 6) is -1.67. The molecular formula is C26H32ClFN2O3. The van der Waals surface area contributed by atoms with Crippen molar-refractivity contribution in [3.63, 3.8) is 0 Å². The molecule has 1 heterocycles. The zero-order valence-corrected chi connectivity index (χ0v) is 20.7. The first-order chi connectivity index (χ1) is 15.6. The van der Waals surface area contributed by atoms with Crippen LogP contribution in [0.3, 0.4) is 0 Å². The number of amides is 1. The van der Waals surface area contributed by atoms with Gasteiger partial charge in [-0.3, -0.25) is 4.79 Å². The van der Waals surface area contributed by atoms with Crippen LogP contribution in [0.5, 0.6) is 0 Å². The number of methoxy groups -OCH3 is 1. The van der Waals surface area contributed by atoms with E-state index in [9.17, 15) is 14.0 Å². The average Bonchev–Trinajstić information content (AvgIpc) is 3.17. The summed E-state index contributed by atoms with van der Waals surface area (Å²) in [4.78, 5) is 29.5. The van der Waals surface area contributed by atoms with E-state index in [1.165, 1.54) is 13.2 Å². The molecule has 5 nitrogen and oxygen atoms in total. The minimum absolute atomic E-state index is 0.0452. The predicted octanol–water partition coefficient (Wildman–Crippen LogP) is 5.38. The van der Waals surface area contributed by atoms with Gasteiger partial charge in [0.25, 0.3) is 0 Å². The van der Waals surface area contributed by atoms with E-state index in [2.05, 4.69) is 25.7 Å². The van der Waals surface area contributed by atoms with Crippen LogP contribution in [0.15, 0.2) is 42.5 Å². The van der Waals surface area contributed by atoms with Crippen molar-refractivity contribution in [2.24, 2.45) is 11.3 Å². The Kier molecular flexibility index (Phi) is 7.80. The molecule has 1 amide bonds. The van der Waals surface area contributed by atoms with Crippen LogP contribution >= 0.6 is 11.6 Å². The molecule has 1 saturated heterocycles. The minimum atomic E-state index is -0.454. The Hall–Kier alpha value is -2.44. The number of nitrogens with zero attached hydrogens (tertiary/aromatic N) is 2. The number of anilines is 1. The maximum Gasteiger partial charge on any atom is 0.337 e. The fourth-order valence-electron chi connectivity index (χ4n) is 4.62. The topological polar surface area (TPSA) is 49.9 Å². The van der Waals surface area contributed by atoms with Crippen LogP contribution in [0.25, 0.3) is 0 Å². The molecule has 1 fully saturated rings. The second-order valence-electron chi connectivity index (χ2n) is 9.73. The fourth-order valence-corrected chi connectivity index (χ4v) is 4.80. The lowest BCUT2D eigenvalue weighted by Gasteiger charge is -2.28. The summed E-state index contributed by atoms with van der Waals surface area (Å²) < 4.78 is 19.8. The van der Waals surface area contributed by atoms with Gasteiger partial charge in [0.05, 0.1) is 23.6 Å². The number of carbonyl (C=O) groups excluding carboxylic acids is 2. The fraction of sp³-hybridized carbons (Fsp3) is 0.462. The molecule has 0 saturated carbocycles. The highest BCUT2D eigenvalue weighted by Gasteiger charge is 2.42. The van der Waals surface area contributed by atoms with Crippen LogP contribution in [0.2, 0.25) is 5.02 Å². The van der Waals surface area contributed by atoms with Gasteiger partial charge in [-0.1, -0.05) is 44.5 Å². The zero-order valence-electron chi connectivity index (χ0n) is 19.9. The number of rotatable bonds is 6. The van der Waals surface area contributed by atoms with Crippen LogP contribution in [0, 0.1) is 17.2 Å². The lowest BCUT2D eigenvalue weighted by Crippen LogP contribution is -2.39. The third kappa shape index (κ3) is 5.74. The van der Waals surface area contributed by atoms with Gasteiger partial charge in [-0.25, -0.2) is 9.18 Å². The standard InChI is InChI=1S/C26H32ClFN2O3/c1-6-30(18-12-10-17(11-13-18)25(32)33-5)24(31)21-15-29(16-26(2,3)4)14-20(21)19-8-7-9-22(27)23(19)28/h7-13,20-21H,6,14-16H2,1-5H3/t20?,21-/m1/s1. The Labute approximate surface area is 200 Å². The Balaban J connectivity index is 1.93. The van der Waals surface area contributed by atoms with Gasteiger partial charge >= 0.3 is 5.97 Å². The van der Waals surface area contributed by atoms with Gasteiger partial charge in [0.2, 0.25) is 5.91 Å². The number of carbonyl (C=O) groups is 2. The summed E-state index contributed by atoms with van der Waals surface area (Å²) in [6.07, 6.45) is 0. The molecule has 0 N–H and O–H groups in total. The Morgan fingerprint density at radius 2 is 1.82 bits per heavy atom. The van der Waals surface area contributed by atoms with Crippen LogP contribution < -0.4 is 4.90 Å². The van der Waals surface area contributed by atoms with Crippen LogP contribution in [-0.4, -0.2) is 50.1 Å². The molecule has 2 aromatic carbocycles. The zero-order chi connectivity index (χ0) is 24.3. The largest absolute Gasteiger partial charge is 0.465 e. The summed E-state index contributed by atoms with van der Waals surface area (Å²) in [6, 6.07) is 11.8. The smallest absolute Gasteiger partial charge is 0.337 e. The first kappa shape index (κ1) is 25.2. The van der Waals surface area contributed by atoms with Gasteiger partial charge in [-0.05, 0) is 48.2 Å². The molecule has 3 rings (SSSR count). The van der Waals surface area contributed by atoms with Crippen molar-refractivity contribution >= 4 is 29.2 Å². The molecule has 0 spiro atoms. The number of likely N-dealkylation sites (tertiary alicyclic amines) is 1. The van der Waals surface area contributed by atoms with Gasteiger partial charge in [-0.15, -0.1) is 0 Å². The highest BCUT2D eigenvalue weighted by Crippen LogP contribution is 2.38. The lowest BCUT2D eigenvalue weighted by molar-refractivity contribution is -0.122. The third-order valence-corrected chi connectivity index (χ3v) is 6.27. The Morgan fingerprint density at radius 3 is 2.39 bits per heavy atom. The van der Waals surface area contributed by atoms with E-state index in [1.807, 2.05) is 6.92 Å². The first-order valence-electron chi connectivity index (χ1n) is 11.2. The summed E-state index contributed by atoms with van der Waals surface area (Å²) in [5, 5.41) is 0.0683. The maximum atomic E-state index is 15.0. The number of hydrogen-bond acceptors (Lipinski definition) is 4. The van der Waals surface area contributed by atoms with E-state index in [4.69, 9.17) is 16.3 Å². The molecule has 7 heteroatoms. The Morgan fingerprint density at radius 1 is 1.15 bits per heavy atom. The molecule has 1 unspecified atom stereocenters. The van der Waals surface area contributed by atoms with Crippen molar-refractivity contribution < 1.29 is 18.7 Å². The third-order valence-electron chi connectivity index (χ3n) is 5.97. The normalized spacial score (nSPS) is 18.9. The van der Waals surface area contributed by atoms with Gasteiger partial charge in [0, 0.05) is 37.8 Å². The molecule has 1 aliphatic heterocycles. The van der Waals surface area contributed by atoms with E-state index in [-0.39, 0.29) is 22.3 Å². The van der Waals surface area contributed by atoms with Crippen molar-refractivity contribution in [1.82, 2.24) is 4.90 Å². The van der Waals surface area contributed by atoms with E-state index < -0.39 is 17.7 Å². The van der Waals surface area contributed by atoms with Gasteiger partial charge in [0.15, 0.2) is 0 Å². The van der Waals surface area contributed by atoms with E-state index in [0.717, 1.165) is 6.54 Å². The van der Waals surface area contributed by atoms with E-state index in [1.54, 1.807) is 41.3 Å². The van der Waals surface area contributed by atoms with E-state index in [0.29, 0.717) is 36.4 Å². The SMILES string of the molecule is CCN(C(=O)[C@@H]1CN(CC(C)(C)C)CC1c1cccc(Cl)c1F)c1ccc(C(=O)OC)cc1. The number of hydrogen-bond donors (Lipinski definition) is 0. The summed E-state index contributed by atoms with van der Waals surface area (Å²) in [5.41, 5.74) is 1.63. The van der Waals surface area contributed by atoms with Crippen molar-refractivity contribution in [3.05, 3.63) is 64.4 Å². The van der Waals surface area contributed by atoms with Crippen LogP contribution in [0.1, 0.15) is 49.5 Å². The average molecular weight is 475 g/mol. The monoisotopic (exact) mass is 474 g/mol. The minimum Gasteiger partial charge on any atom is -0.465 e. The second-order valence-corrected chi connectivity index (χ2v) is 10.1. The molecule has 0 bridgehead atoms. The van der Waals surface area contributed by atoms with Crippen LogP contribution in [0.4, 0.5) is 10.1 Å². The molecule has 178 valence electrons. The molecule has 0 aliphatic carbocycles. The summed E-state index contributed by atoms with van der Waals surface area (Å²) in [7, 11) is 1.33. The second kappa shape index (κ2) is 10.2. The summed E-state index contributed by atoms with van der Waals surface area (Å²) >= 11 is 6.08. The number of halogens is 2. The number of ether oxygens (including phenoxy) is 1. The van der Waals surface area contributed by atoms with Crippen molar-refractivity contribution in [2.75, 3.05) is 38.2 Å². The quantitative estimate of drug-likeness (QED) is 0.527. The molecule has 0 aromatic heterocycles. The molecular weight excluding hydrogens is 443 g/mol. The van der Waals surface area contributed by atoms with Crippen molar-refractivity contribution in [2.45, 2.75) is 33.6 Å². The first-order valence-corrected chi connectivity index (χ1v) is 11.6. The molecule has 1 aliphatic rings. The lowest BCUT2D eigenvalue weighted by atomic mass is 9.87. The van der Waals surface area contributed by atoms with Gasteiger partial charge in [-0.2, -0.15) is 0 Å². The van der Waals surface area contributed by atoms with Crippen molar-refractivity contribution in [1.29, 1.82) is 0 Å². The number of benzene rings is 2. The predicted molar refractivity (Wildman–Crippen MR) is 129 cm³/mol. The van der Waals surface area contributed by atoms with Gasteiger partial charge < -0.3 is 14.5 Å². The summed E-state index contributed by atoms with van der Waals surface area (Å²) in [6.45, 7) is 10.7. The molecule has 33 heavy (non-hydrogen) atoms. The maximum absolute atomic E-state index is 15.0. The van der Waals surface area contributed by atoms with Gasteiger partial charge in [0.1, 0.15) is 5.82 Å². The van der Waals surface area contributed by atoms with Crippen LogP contribution in [-0.2, 0) is 9.53 Å². The number of esters is 1. The Bertz CT molecular complexity index is 1000. The van der Waals surface area contributed by atoms with Crippen molar-refractivity contribution in [3.8, 4) is 0 Å². The highest BCUT2D eigenvalue weighted by atomic mass is 35.5. The molecule has 0 radical (unpaired) electrons.